The minimum absolute atomic E-state index is 0.204. The Morgan fingerprint density at radius 1 is 1.53 bits per heavy atom. The monoisotopic (exact) mass is 291 g/mol. The molecule has 1 aromatic rings. The van der Waals surface area contributed by atoms with E-state index in [1.165, 1.54) is 6.07 Å². The van der Waals surface area contributed by atoms with Gasteiger partial charge in [0.2, 0.25) is 0 Å². The van der Waals surface area contributed by atoms with Crippen LogP contribution in [0, 0.1) is 5.82 Å². The highest BCUT2D eigenvalue weighted by molar-refractivity contribution is 9.10. The lowest BCUT2D eigenvalue weighted by molar-refractivity contribution is 0.606. The molecule has 0 aromatic heterocycles. The molecular formula is C11H15BrFNS. The highest BCUT2D eigenvalue weighted by Crippen LogP contribution is 2.18. The fourth-order valence-corrected chi connectivity index (χ4v) is 2.51. The lowest BCUT2D eigenvalue weighted by Gasteiger charge is -2.14. The molecule has 15 heavy (non-hydrogen) atoms. The van der Waals surface area contributed by atoms with Gasteiger partial charge in [0.1, 0.15) is 5.82 Å². The van der Waals surface area contributed by atoms with Crippen LogP contribution in [0.1, 0.15) is 5.56 Å². The Morgan fingerprint density at radius 2 is 2.27 bits per heavy atom. The zero-order valence-corrected chi connectivity index (χ0v) is 11.3. The molecule has 1 N–H and O–H groups in total. The summed E-state index contributed by atoms with van der Waals surface area (Å²) in [5.41, 5.74) is 1.15. The van der Waals surface area contributed by atoms with E-state index in [2.05, 4.69) is 27.5 Å². The fourth-order valence-electron chi connectivity index (χ4n) is 1.40. The summed E-state index contributed by atoms with van der Waals surface area (Å²) in [6, 6.07) is 5.63. The fraction of sp³-hybridized carbons (Fsp3) is 0.455. The summed E-state index contributed by atoms with van der Waals surface area (Å²) in [7, 11) is 1.96. The summed E-state index contributed by atoms with van der Waals surface area (Å²) in [4.78, 5) is 0. The molecule has 0 aliphatic carbocycles. The van der Waals surface area contributed by atoms with E-state index in [4.69, 9.17) is 0 Å². The quantitative estimate of drug-likeness (QED) is 0.895. The molecule has 1 unspecified atom stereocenters. The molecule has 84 valence electrons. The van der Waals surface area contributed by atoms with Gasteiger partial charge in [-0.25, -0.2) is 4.39 Å². The number of benzene rings is 1. The van der Waals surface area contributed by atoms with E-state index in [0.29, 0.717) is 10.5 Å². The van der Waals surface area contributed by atoms with Crippen molar-refractivity contribution < 1.29 is 4.39 Å². The third kappa shape index (κ3) is 4.13. The molecule has 1 rings (SSSR count). The van der Waals surface area contributed by atoms with Crippen molar-refractivity contribution in [1.29, 1.82) is 0 Å². The molecule has 0 spiro atoms. The van der Waals surface area contributed by atoms with Crippen LogP contribution < -0.4 is 5.32 Å². The van der Waals surface area contributed by atoms with Crippen LogP contribution in [-0.2, 0) is 6.42 Å². The molecule has 0 amide bonds. The number of halogens is 2. The van der Waals surface area contributed by atoms with Gasteiger partial charge in [0, 0.05) is 11.8 Å². The molecule has 1 nitrogen and oxygen atoms in total. The molecule has 0 aliphatic heterocycles. The SMILES string of the molecule is CNC(CSC)Cc1ccc(F)c(Br)c1. The van der Waals surface area contributed by atoms with Gasteiger partial charge in [-0.1, -0.05) is 6.07 Å². The smallest absolute Gasteiger partial charge is 0.137 e. The van der Waals surface area contributed by atoms with E-state index >= 15 is 0 Å². The van der Waals surface area contributed by atoms with Crippen molar-refractivity contribution in [3.05, 3.63) is 34.1 Å². The van der Waals surface area contributed by atoms with Crippen LogP contribution in [0.3, 0.4) is 0 Å². The van der Waals surface area contributed by atoms with Crippen LogP contribution in [0.5, 0.6) is 0 Å². The third-order valence-corrected chi connectivity index (χ3v) is 3.59. The van der Waals surface area contributed by atoms with Crippen LogP contribution in [0.25, 0.3) is 0 Å². The van der Waals surface area contributed by atoms with Gasteiger partial charge >= 0.3 is 0 Å². The number of hydrogen-bond acceptors (Lipinski definition) is 2. The van der Waals surface area contributed by atoms with E-state index in [1.54, 1.807) is 0 Å². The molecule has 0 aliphatic rings. The van der Waals surface area contributed by atoms with Crippen molar-refractivity contribution in [2.45, 2.75) is 12.5 Å². The van der Waals surface area contributed by atoms with Crippen molar-refractivity contribution in [1.82, 2.24) is 5.32 Å². The highest BCUT2D eigenvalue weighted by atomic mass is 79.9. The number of nitrogens with one attached hydrogen (secondary N) is 1. The average Bonchev–Trinajstić information content (AvgIpc) is 2.23. The van der Waals surface area contributed by atoms with Crippen LogP contribution in [0.15, 0.2) is 22.7 Å². The average molecular weight is 292 g/mol. The molecule has 0 heterocycles. The Bertz CT molecular complexity index is 319. The van der Waals surface area contributed by atoms with Gasteiger partial charge in [-0.2, -0.15) is 11.8 Å². The topological polar surface area (TPSA) is 12.0 Å². The number of thioether (sulfide) groups is 1. The number of rotatable bonds is 5. The van der Waals surface area contributed by atoms with Gasteiger partial charge in [0.25, 0.3) is 0 Å². The lowest BCUT2D eigenvalue weighted by atomic mass is 10.1. The van der Waals surface area contributed by atoms with Crippen LogP contribution >= 0.6 is 27.7 Å². The Hall–Kier alpha value is -0.0600. The van der Waals surface area contributed by atoms with Gasteiger partial charge in [0.05, 0.1) is 4.47 Å². The van der Waals surface area contributed by atoms with Gasteiger partial charge in [-0.3, -0.25) is 0 Å². The van der Waals surface area contributed by atoms with E-state index in [-0.39, 0.29) is 5.82 Å². The molecule has 0 fully saturated rings. The zero-order chi connectivity index (χ0) is 11.3. The second-order valence-electron chi connectivity index (χ2n) is 3.39. The van der Waals surface area contributed by atoms with Gasteiger partial charge in [-0.15, -0.1) is 0 Å². The van der Waals surface area contributed by atoms with Crippen LogP contribution in [0.2, 0.25) is 0 Å². The second-order valence-corrected chi connectivity index (χ2v) is 5.16. The molecule has 0 bridgehead atoms. The van der Waals surface area contributed by atoms with Gasteiger partial charge < -0.3 is 5.32 Å². The summed E-state index contributed by atoms with van der Waals surface area (Å²) in [6.45, 7) is 0. The summed E-state index contributed by atoms with van der Waals surface area (Å²) < 4.78 is 13.5. The maximum absolute atomic E-state index is 13.0. The molecule has 0 saturated carbocycles. The largest absolute Gasteiger partial charge is 0.316 e. The van der Waals surface area contributed by atoms with Crippen LogP contribution in [0.4, 0.5) is 4.39 Å². The Morgan fingerprint density at radius 3 is 2.80 bits per heavy atom. The molecular weight excluding hydrogens is 277 g/mol. The first-order valence-corrected chi connectivity index (χ1v) is 6.96. The predicted octanol–water partition coefficient (Wildman–Crippen LogP) is 3.08. The van der Waals surface area contributed by atoms with E-state index in [9.17, 15) is 4.39 Å². The van der Waals surface area contributed by atoms with E-state index in [0.717, 1.165) is 17.7 Å². The van der Waals surface area contributed by atoms with Crippen molar-refractivity contribution in [2.75, 3.05) is 19.1 Å². The first-order valence-electron chi connectivity index (χ1n) is 4.77. The summed E-state index contributed by atoms with van der Waals surface area (Å²) in [6.07, 6.45) is 3.02. The van der Waals surface area contributed by atoms with Crippen molar-refractivity contribution >= 4 is 27.7 Å². The first-order chi connectivity index (χ1) is 7.17. The second kappa shape index (κ2) is 6.51. The zero-order valence-electron chi connectivity index (χ0n) is 8.89. The maximum Gasteiger partial charge on any atom is 0.137 e. The predicted molar refractivity (Wildman–Crippen MR) is 69.0 cm³/mol. The molecule has 4 heteroatoms. The normalized spacial score (nSPS) is 12.8. The van der Waals surface area contributed by atoms with Gasteiger partial charge in [-0.05, 0) is 53.4 Å². The Balaban J connectivity index is 2.66. The molecule has 0 saturated heterocycles. The molecule has 0 radical (unpaired) electrons. The number of hydrogen-bond donors (Lipinski definition) is 1. The lowest BCUT2D eigenvalue weighted by Crippen LogP contribution is -2.29. The standard InChI is InChI=1S/C11H15BrFNS/c1-14-9(7-15-2)5-8-3-4-11(13)10(12)6-8/h3-4,6,9,14H,5,7H2,1-2H3. The maximum atomic E-state index is 13.0. The van der Waals surface area contributed by atoms with Crippen molar-refractivity contribution in [3.63, 3.8) is 0 Å². The third-order valence-electron chi connectivity index (χ3n) is 2.24. The summed E-state index contributed by atoms with van der Waals surface area (Å²) in [5, 5.41) is 3.26. The van der Waals surface area contributed by atoms with E-state index < -0.39 is 0 Å². The van der Waals surface area contributed by atoms with Crippen LogP contribution in [-0.4, -0.2) is 25.1 Å². The molecule has 1 aromatic carbocycles. The Kier molecular flexibility index (Phi) is 5.64. The van der Waals surface area contributed by atoms with E-state index in [1.807, 2.05) is 30.9 Å². The first kappa shape index (κ1) is 13.0. The summed E-state index contributed by atoms with van der Waals surface area (Å²) >= 11 is 5.01. The van der Waals surface area contributed by atoms with Crippen molar-refractivity contribution in [2.24, 2.45) is 0 Å². The van der Waals surface area contributed by atoms with Gasteiger partial charge in [0.15, 0.2) is 0 Å². The number of likely N-dealkylation sites (N-methyl/N-ethyl adjacent to an activating group) is 1. The Labute approximate surface area is 103 Å². The summed E-state index contributed by atoms with van der Waals surface area (Å²) in [5.74, 6) is 0.857. The highest BCUT2D eigenvalue weighted by Gasteiger charge is 2.07. The minimum atomic E-state index is -0.204. The minimum Gasteiger partial charge on any atom is -0.316 e. The van der Waals surface area contributed by atoms with Crippen molar-refractivity contribution in [3.8, 4) is 0 Å². The molecule has 1 atom stereocenters.